The molecule has 0 heterocycles. The summed E-state index contributed by atoms with van der Waals surface area (Å²) < 4.78 is 0. The third kappa shape index (κ3) is 1.86. The summed E-state index contributed by atoms with van der Waals surface area (Å²) in [5, 5.41) is 11.5. The molecule has 1 aliphatic rings. The van der Waals surface area contributed by atoms with Crippen molar-refractivity contribution < 1.29 is 5.11 Å². The average Bonchev–Trinajstić information content (AvgIpc) is 2.63. The van der Waals surface area contributed by atoms with Gasteiger partial charge in [-0.15, -0.1) is 0 Å². The highest BCUT2D eigenvalue weighted by Crippen LogP contribution is 2.28. The Bertz CT molecular complexity index is 344. The largest absolute Gasteiger partial charge is 0.381 e. The maximum atomic E-state index is 8.60. The second-order valence-corrected chi connectivity index (χ2v) is 3.50. The van der Waals surface area contributed by atoms with Crippen LogP contribution in [0.4, 0.5) is 0 Å². The Balaban J connectivity index is 2.02. The molecule has 1 aliphatic carbocycles. The first kappa shape index (κ1) is 9.44. The molecule has 0 aliphatic heterocycles. The van der Waals surface area contributed by atoms with Crippen LogP contribution in [0, 0.1) is 0 Å². The molecule has 0 saturated carbocycles. The van der Waals surface area contributed by atoms with Crippen LogP contribution in [0.15, 0.2) is 30.3 Å². The lowest BCUT2D eigenvalue weighted by atomic mass is 10.0. The Hall–Kier alpha value is -1.12. The van der Waals surface area contributed by atoms with Gasteiger partial charge in [0.15, 0.2) is 0 Å². The third-order valence-corrected chi connectivity index (χ3v) is 2.61. The second-order valence-electron chi connectivity index (χ2n) is 3.50. The minimum atomic E-state index is 0.0644. The van der Waals surface area contributed by atoms with Gasteiger partial charge < -0.3 is 5.11 Å². The number of benzene rings is 1. The van der Waals surface area contributed by atoms with E-state index in [1.165, 1.54) is 16.7 Å². The molecule has 2 rings (SSSR count). The van der Waals surface area contributed by atoms with Crippen LogP contribution < -0.4 is 5.32 Å². The highest BCUT2D eigenvalue weighted by atomic mass is 16.3. The maximum absolute atomic E-state index is 8.60. The van der Waals surface area contributed by atoms with Gasteiger partial charge in [-0.05, 0) is 29.5 Å². The summed E-state index contributed by atoms with van der Waals surface area (Å²) in [6, 6.07) is 8.52. The molecule has 74 valence electrons. The Kier molecular flexibility index (Phi) is 2.96. The van der Waals surface area contributed by atoms with Gasteiger partial charge in [0.1, 0.15) is 0 Å². The van der Waals surface area contributed by atoms with Crippen LogP contribution in [0.1, 0.15) is 17.5 Å². The van der Waals surface area contributed by atoms with Gasteiger partial charge in [0, 0.05) is 6.54 Å². The zero-order valence-electron chi connectivity index (χ0n) is 8.16. The van der Waals surface area contributed by atoms with Gasteiger partial charge in [0.2, 0.25) is 0 Å². The minimum Gasteiger partial charge on any atom is -0.381 e. The van der Waals surface area contributed by atoms with Crippen molar-refractivity contribution in [3.05, 3.63) is 41.5 Å². The van der Waals surface area contributed by atoms with Crippen LogP contribution in [0.5, 0.6) is 0 Å². The topological polar surface area (TPSA) is 32.3 Å². The van der Waals surface area contributed by atoms with Crippen molar-refractivity contribution in [2.45, 2.75) is 12.8 Å². The Labute approximate surface area is 84.3 Å². The van der Waals surface area contributed by atoms with E-state index in [-0.39, 0.29) is 6.73 Å². The van der Waals surface area contributed by atoms with Crippen molar-refractivity contribution in [2.24, 2.45) is 0 Å². The smallest absolute Gasteiger partial charge is 0.0931 e. The molecule has 0 amide bonds. The number of fused-ring (bicyclic) bond motifs is 1. The monoisotopic (exact) mass is 189 g/mol. The Morgan fingerprint density at radius 1 is 1.29 bits per heavy atom. The highest BCUT2D eigenvalue weighted by Gasteiger charge is 2.11. The van der Waals surface area contributed by atoms with E-state index in [9.17, 15) is 0 Å². The van der Waals surface area contributed by atoms with Crippen LogP contribution in [0.25, 0.3) is 5.57 Å². The van der Waals surface area contributed by atoms with Gasteiger partial charge in [-0.1, -0.05) is 30.3 Å². The van der Waals surface area contributed by atoms with Gasteiger partial charge in [-0.2, -0.15) is 0 Å². The molecule has 2 nitrogen and oxygen atoms in total. The molecular formula is C12H15NO. The van der Waals surface area contributed by atoms with Crippen LogP contribution in [0.2, 0.25) is 0 Å². The zero-order chi connectivity index (χ0) is 9.80. The third-order valence-electron chi connectivity index (χ3n) is 2.61. The predicted octanol–water partition coefficient (Wildman–Crippen LogP) is 1.56. The Morgan fingerprint density at radius 2 is 2.14 bits per heavy atom. The van der Waals surface area contributed by atoms with Gasteiger partial charge in [-0.3, -0.25) is 5.32 Å². The lowest BCUT2D eigenvalue weighted by Crippen LogP contribution is -2.15. The summed E-state index contributed by atoms with van der Waals surface area (Å²) in [4.78, 5) is 0. The van der Waals surface area contributed by atoms with Crippen molar-refractivity contribution in [3.8, 4) is 0 Å². The summed E-state index contributed by atoms with van der Waals surface area (Å²) in [6.07, 6.45) is 4.34. The maximum Gasteiger partial charge on any atom is 0.0931 e. The molecule has 0 saturated heterocycles. The molecule has 2 heteroatoms. The van der Waals surface area contributed by atoms with Crippen molar-refractivity contribution in [2.75, 3.05) is 13.3 Å². The molecule has 0 aromatic heterocycles. The lowest BCUT2D eigenvalue weighted by Gasteiger charge is -2.05. The molecule has 0 radical (unpaired) electrons. The van der Waals surface area contributed by atoms with E-state index < -0.39 is 0 Å². The normalized spacial score (nSPS) is 13.9. The lowest BCUT2D eigenvalue weighted by molar-refractivity contribution is 0.262. The number of hydrogen-bond acceptors (Lipinski definition) is 2. The minimum absolute atomic E-state index is 0.0644. The fourth-order valence-corrected chi connectivity index (χ4v) is 1.89. The number of aliphatic hydroxyl groups excluding tert-OH is 1. The molecule has 14 heavy (non-hydrogen) atoms. The summed E-state index contributed by atoms with van der Waals surface area (Å²) in [5.74, 6) is 0. The van der Waals surface area contributed by atoms with Crippen molar-refractivity contribution >= 4 is 5.57 Å². The van der Waals surface area contributed by atoms with Gasteiger partial charge in [0.05, 0.1) is 6.73 Å². The molecule has 0 spiro atoms. The Morgan fingerprint density at radius 3 is 3.00 bits per heavy atom. The molecule has 0 bridgehead atoms. The molecule has 0 unspecified atom stereocenters. The van der Waals surface area contributed by atoms with Crippen molar-refractivity contribution in [1.29, 1.82) is 0 Å². The fraction of sp³-hybridized carbons (Fsp3) is 0.333. The van der Waals surface area contributed by atoms with Gasteiger partial charge in [-0.25, -0.2) is 0 Å². The predicted molar refractivity (Wildman–Crippen MR) is 57.8 cm³/mol. The van der Waals surface area contributed by atoms with E-state index in [1.807, 2.05) is 0 Å². The number of hydrogen-bond donors (Lipinski definition) is 2. The van der Waals surface area contributed by atoms with E-state index in [1.54, 1.807) is 0 Å². The standard InChI is InChI=1S/C12H15NO/c14-9-13-8-7-11-6-5-10-3-1-2-4-12(10)11/h1-4,6,13-14H,5,7-9H2. The molecule has 1 aromatic rings. The summed E-state index contributed by atoms with van der Waals surface area (Å²) in [7, 11) is 0. The first-order valence-corrected chi connectivity index (χ1v) is 5.00. The molecular weight excluding hydrogens is 174 g/mol. The number of nitrogens with one attached hydrogen (secondary N) is 1. The first-order chi connectivity index (χ1) is 6.92. The quantitative estimate of drug-likeness (QED) is 0.556. The molecule has 0 fully saturated rings. The van der Waals surface area contributed by atoms with E-state index >= 15 is 0 Å². The number of aliphatic hydroxyl groups is 1. The van der Waals surface area contributed by atoms with E-state index in [0.29, 0.717) is 0 Å². The average molecular weight is 189 g/mol. The van der Waals surface area contributed by atoms with Crippen LogP contribution in [-0.2, 0) is 6.42 Å². The first-order valence-electron chi connectivity index (χ1n) is 5.00. The fourth-order valence-electron chi connectivity index (χ4n) is 1.89. The SMILES string of the molecule is OCNCCC1=CCc2ccccc21. The van der Waals surface area contributed by atoms with E-state index in [4.69, 9.17) is 5.11 Å². The summed E-state index contributed by atoms with van der Waals surface area (Å²) in [5.41, 5.74) is 4.21. The summed E-state index contributed by atoms with van der Waals surface area (Å²) >= 11 is 0. The van der Waals surface area contributed by atoms with Crippen molar-refractivity contribution in [3.63, 3.8) is 0 Å². The zero-order valence-corrected chi connectivity index (χ0v) is 8.16. The summed E-state index contributed by atoms with van der Waals surface area (Å²) in [6.45, 7) is 0.908. The molecule has 1 aromatic carbocycles. The van der Waals surface area contributed by atoms with Gasteiger partial charge in [0.25, 0.3) is 0 Å². The molecule has 0 atom stereocenters. The highest BCUT2D eigenvalue weighted by molar-refractivity contribution is 5.72. The van der Waals surface area contributed by atoms with Gasteiger partial charge >= 0.3 is 0 Å². The van der Waals surface area contributed by atoms with Crippen molar-refractivity contribution in [1.82, 2.24) is 5.32 Å². The van der Waals surface area contributed by atoms with Crippen LogP contribution >= 0.6 is 0 Å². The number of allylic oxidation sites excluding steroid dienone is 1. The second kappa shape index (κ2) is 4.40. The number of rotatable bonds is 4. The van der Waals surface area contributed by atoms with E-state index in [2.05, 4.69) is 35.7 Å². The molecule has 2 N–H and O–H groups in total. The van der Waals surface area contributed by atoms with E-state index in [0.717, 1.165) is 19.4 Å². The van der Waals surface area contributed by atoms with Crippen LogP contribution in [-0.4, -0.2) is 18.4 Å². The van der Waals surface area contributed by atoms with Crippen LogP contribution in [0.3, 0.4) is 0 Å².